The molecule has 2 aromatic carbocycles. The second kappa shape index (κ2) is 4.77. The zero-order valence-electron chi connectivity index (χ0n) is 11.0. The summed E-state index contributed by atoms with van der Waals surface area (Å²) in [4.78, 5) is 12.0. The van der Waals surface area contributed by atoms with E-state index in [-0.39, 0.29) is 0 Å². The minimum Gasteiger partial charge on any atom is -0.497 e. The van der Waals surface area contributed by atoms with Crippen LogP contribution in [0.25, 0.3) is 11.1 Å². The fourth-order valence-corrected chi connectivity index (χ4v) is 2.19. The Morgan fingerprint density at radius 2 is 2.10 bits per heavy atom. The molecule has 0 spiro atoms. The molecule has 0 radical (unpaired) electrons. The number of hydrogen-bond donors (Lipinski definition) is 1. The molecule has 0 atom stereocenters. The molecular formula is C15H14N2O3. The average molecular weight is 270 g/mol. The predicted molar refractivity (Wildman–Crippen MR) is 77.0 cm³/mol. The lowest BCUT2D eigenvalue weighted by atomic mass is 10.2. The molecule has 5 heteroatoms. The van der Waals surface area contributed by atoms with Gasteiger partial charge in [-0.25, -0.2) is 4.79 Å². The van der Waals surface area contributed by atoms with Crippen LogP contribution in [0.5, 0.6) is 5.75 Å². The number of benzene rings is 2. The van der Waals surface area contributed by atoms with E-state index in [0.717, 1.165) is 5.56 Å². The summed E-state index contributed by atoms with van der Waals surface area (Å²) in [5.41, 5.74) is 8.61. The van der Waals surface area contributed by atoms with Gasteiger partial charge in [0.25, 0.3) is 0 Å². The first-order chi connectivity index (χ1) is 9.67. The Hall–Kier alpha value is -2.69. The zero-order chi connectivity index (χ0) is 14.1. The van der Waals surface area contributed by atoms with E-state index in [9.17, 15) is 4.79 Å². The van der Waals surface area contributed by atoms with Gasteiger partial charge in [-0.3, -0.25) is 4.57 Å². The number of nitrogens with two attached hydrogens (primary N) is 1. The van der Waals surface area contributed by atoms with Crippen molar-refractivity contribution in [2.45, 2.75) is 6.54 Å². The van der Waals surface area contributed by atoms with Gasteiger partial charge in [0.15, 0.2) is 5.58 Å². The molecule has 0 unspecified atom stereocenters. The van der Waals surface area contributed by atoms with Gasteiger partial charge in [-0.1, -0.05) is 12.1 Å². The van der Waals surface area contributed by atoms with Crippen LogP contribution >= 0.6 is 0 Å². The number of ether oxygens (including phenoxy) is 1. The molecule has 0 saturated heterocycles. The van der Waals surface area contributed by atoms with E-state index >= 15 is 0 Å². The lowest BCUT2D eigenvalue weighted by Crippen LogP contribution is -2.14. The van der Waals surface area contributed by atoms with Gasteiger partial charge in [0.2, 0.25) is 0 Å². The Morgan fingerprint density at radius 3 is 2.85 bits per heavy atom. The summed E-state index contributed by atoms with van der Waals surface area (Å²) in [6, 6.07) is 12.7. The van der Waals surface area contributed by atoms with Crippen molar-refractivity contribution in [1.82, 2.24) is 4.57 Å². The third-order valence-electron chi connectivity index (χ3n) is 3.17. The second-order valence-electron chi connectivity index (χ2n) is 4.53. The number of oxazole rings is 1. The number of hydrogen-bond acceptors (Lipinski definition) is 4. The minimum atomic E-state index is -0.393. The van der Waals surface area contributed by atoms with Crippen LogP contribution in [-0.4, -0.2) is 11.7 Å². The molecule has 0 fully saturated rings. The highest BCUT2D eigenvalue weighted by atomic mass is 16.5. The Bertz CT molecular complexity index is 817. The van der Waals surface area contributed by atoms with Crippen LogP contribution in [0, 0.1) is 0 Å². The molecule has 1 aromatic heterocycles. The summed E-state index contributed by atoms with van der Waals surface area (Å²) in [6.07, 6.45) is 0. The quantitative estimate of drug-likeness (QED) is 0.741. The van der Waals surface area contributed by atoms with Crippen molar-refractivity contribution in [3.63, 3.8) is 0 Å². The van der Waals surface area contributed by atoms with Crippen LogP contribution in [-0.2, 0) is 6.54 Å². The number of methoxy groups -OCH3 is 1. The molecule has 0 aliphatic rings. The highest BCUT2D eigenvalue weighted by Crippen LogP contribution is 2.21. The molecule has 2 N–H and O–H groups in total. The summed E-state index contributed by atoms with van der Waals surface area (Å²) in [6.45, 7) is 0.407. The maximum Gasteiger partial charge on any atom is 0.420 e. The van der Waals surface area contributed by atoms with Crippen molar-refractivity contribution in [3.8, 4) is 5.75 Å². The second-order valence-corrected chi connectivity index (χ2v) is 4.53. The van der Waals surface area contributed by atoms with Crippen LogP contribution in [0.1, 0.15) is 5.56 Å². The fourth-order valence-electron chi connectivity index (χ4n) is 2.19. The van der Waals surface area contributed by atoms with Crippen LogP contribution in [0.2, 0.25) is 0 Å². The van der Waals surface area contributed by atoms with Crippen molar-refractivity contribution < 1.29 is 9.15 Å². The van der Waals surface area contributed by atoms with Crippen molar-refractivity contribution >= 4 is 16.8 Å². The normalized spacial score (nSPS) is 10.8. The highest BCUT2D eigenvalue weighted by Gasteiger charge is 2.10. The molecular weight excluding hydrogens is 256 g/mol. The van der Waals surface area contributed by atoms with Gasteiger partial charge in [-0.2, -0.15) is 0 Å². The zero-order valence-corrected chi connectivity index (χ0v) is 11.0. The molecule has 0 bridgehead atoms. The van der Waals surface area contributed by atoms with Crippen molar-refractivity contribution in [2.24, 2.45) is 0 Å². The van der Waals surface area contributed by atoms with Crippen LogP contribution in [0.3, 0.4) is 0 Å². The first-order valence-corrected chi connectivity index (χ1v) is 6.19. The molecule has 3 aromatic rings. The van der Waals surface area contributed by atoms with Crippen LogP contribution in [0.15, 0.2) is 51.7 Å². The number of anilines is 1. The monoisotopic (exact) mass is 270 g/mol. The molecule has 0 amide bonds. The summed E-state index contributed by atoms with van der Waals surface area (Å²) < 4.78 is 12.0. The third-order valence-corrected chi connectivity index (χ3v) is 3.17. The molecule has 0 aliphatic heterocycles. The molecule has 5 nitrogen and oxygen atoms in total. The molecule has 102 valence electrons. The summed E-state index contributed by atoms with van der Waals surface area (Å²) in [5.74, 6) is 0.287. The number of fused-ring (bicyclic) bond motifs is 1. The summed E-state index contributed by atoms with van der Waals surface area (Å²) in [7, 11) is 1.58. The van der Waals surface area contributed by atoms with E-state index in [1.54, 1.807) is 29.9 Å². The van der Waals surface area contributed by atoms with Crippen molar-refractivity contribution in [3.05, 3.63) is 58.6 Å². The topological polar surface area (TPSA) is 70.4 Å². The minimum absolute atomic E-state index is 0.393. The predicted octanol–water partition coefficient (Wildman–Crippen LogP) is 2.23. The summed E-state index contributed by atoms with van der Waals surface area (Å²) in [5, 5.41) is 0. The van der Waals surface area contributed by atoms with Crippen LogP contribution < -0.4 is 16.2 Å². The van der Waals surface area contributed by atoms with Gasteiger partial charge in [-0.05, 0) is 29.8 Å². The van der Waals surface area contributed by atoms with E-state index in [1.807, 2.05) is 24.3 Å². The van der Waals surface area contributed by atoms with Gasteiger partial charge in [0.1, 0.15) is 5.75 Å². The van der Waals surface area contributed by atoms with E-state index in [4.69, 9.17) is 14.9 Å². The van der Waals surface area contributed by atoms with E-state index in [2.05, 4.69) is 0 Å². The van der Waals surface area contributed by atoms with Gasteiger partial charge >= 0.3 is 5.76 Å². The molecule has 0 saturated carbocycles. The van der Waals surface area contributed by atoms with Gasteiger partial charge in [0.05, 0.1) is 19.2 Å². The standard InChI is InChI=1S/C15H14N2O3/c1-19-12-5-6-14-13(8-12)17(15(18)20-14)9-10-3-2-4-11(16)7-10/h2-8H,9,16H2,1H3. The van der Waals surface area contributed by atoms with E-state index in [0.29, 0.717) is 29.1 Å². The van der Waals surface area contributed by atoms with Gasteiger partial charge < -0.3 is 14.9 Å². The number of rotatable bonds is 3. The maximum absolute atomic E-state index is 12.0. The third kappa shape index (κ3) is 2.14. The molecule has 3 rings (SSSR count). The first kappa shape index (κ1) is 12.3. The molecule has 0 aliphatic carbocycles. The summed E-state index contributed by atoms with van der Waals surface area (Å²) >= 11 is 0. The Morgan fingerprint density at radius 1 is 1.25 bits per heavy atom. The lowest BCUT2D eigenvalue weighted by molar-refractivity contribution is 0.415. The largest absolute Gasteiger partial charge is 0.497 e. The highest BCUT2D eigenvalue weighted by molar-refractivity contribution is 5.75. The number of aromatic nitrogens is 1. The number of nitrogen functional groups attached to an aromatic ring is 1. The van der Waals surface area contributed by atoms with Gasteiger partial charge in [0, 0.05) is 11.8 Å². The van der Waals surface area contributed by atoms with Crippen molar-refractivity contribution in [1.29, 1.82) is 0 Å². The maximum atomic E-state index is 12.0. The molecule has 1 heterocycles. The van der Waals surface area contributed by atoms with Gasteiger partial charge in [-0.15, -0.1) is 0 Å². The first-order valence-electron chi connectivity index (χ1n) is 6.19. The van der Waals surface area contributed by atoms with Crippen LogP contribution in [0.4, 0.5) is 5.69 Å². The fraction of sp³-hybridized carbons (Fsp3) is 0.133. The molecule has 20 heavy (non-hydrogen) atoms. The SMILES string of the molecule is COc1ccc2oc(=O)n(Cc3cccc(N)c3)c2c1. The van der Waals surface area contributed by atoms with E-state index in [1.165, 1.54) is 0 Å². The Labute approximate surface area is 115 Å². The van der Waals surface area contributed by atoms with Crippen molar-refractivity contribution in [2.75, 3.05) is 12.8 Å². The average Bonchev–Trinajstić information content (AvgIpc) is 2.74. The smallest absolute Gasteiger partial charge is 0.420 e. The lowest BCUT2D eigenvalue weighted by Gasteiger charge is -2.04. The van der Waals surface area contributed by atoms with E-state index < -0.39 is 5.76 Å². The Kier molecular flexibility index (Phi) is 2.95. The Balaban J connectivity index is 2.10. The number of nitrogens with zero attached hydrogens (tertiary/aromatic N) is 1.